The molecule has 136 valence electrons. The minimum Gasteiger partial charge on any atom is -0.346 e. The van der Waals surface area contributed by atoms with Gasteiger partial charge in [0.05, 0.1) is 12.4 Å². The number of nitrogens with one attached hydrogen (secondary N) is 2. The summed E-state index contributed by atoms with van der Waals surface area (Å²) >= 11 is 0. The molecule has 0 unspecified atom stereocenters. The second-order valence-corrected chi connectivity index (χ2v) is 6.68. The molecule has 1 aromatic heterocycles. The van der Waals surface area contributed by atoms with E-state index in [9.17, 15) is 9.59 Å². The summed E-state index contributed by atoms with van der Waals surface area (Å²) in [4.78, 5) is 28.1. The van der Waals surface area contributed by atoms with E-state index in [2.05, 4.69) is 15.6 Å². The van der Waals surface area contributed by atoms with Gasteiger partial charge in [-0.15, -0.1) is 0 Å². The fourth-order valence-corrected chi connectivity index (χ4v) is 3.23. The van der Waals surface area contributed by atoms with Gasteiger partial charge in [-0.3, -0.25) is 9.59 Å². The maximum atomic E-state index is 12.6. The molecular formula is C21H20N4O2. The lowest BCUT2D eigenvalue weighted by molar-refractivity contribution is -0.116. The smallest absolute Gasteiger partial charge is 0.251 e. The molecule has 0 fully saturated rings. The van der Waals surface area contributed by atoms with Gasteiger partial charge < -0.3 is 15.2 Å². The van der Waals surface area contributed by atoms with Crippen molar-refractivity contribution in [3.05, 3.63) is 77.9 Å². The van der Waals surface area contributed by atoms with Crippen LogP contribution < -0.4 is 10.6 Å². The van der Waals surface area contributed by atoms with Crippen molar-refractivity contribution in [2.24, 2.45) is 0 Å². The van der Waals surface area contributed by atoms with E-state index in [4.69, 9.17) is 0 Å². The summed E-state index contributed by atoms with van der Waals surface area (Å²) in [5.74, 6) is -0.103. The van der Waals surface area contributed by atoms with Crippen LogP contribution in [0.25, 0.3) is 5.69 Å². The number of hydrogen-bond donors (Lipinski definition) is 2. The lowest BCUT2D eigenvalue weighted by atomic mass is 10.00. The summed E-state index contributed by atoms with van der Waals surface area (Å²) in [7, 11) is 0. The van der Waals surface area contributed by atoms with Crippen LogP contribution in [0.4, 0.5) is 5.69 Å². The predicted molar refractivity (Wildman–Crippen MR) is 103 cm³/mol. The number of imidazole rings is 1. The highest BCUT2D eigenvalue weighted by molar-refractivity contribution is 5.98. The van der Waals surface area contributed by atoms with E-state index in [0.29, 0.717) is 18.4 Å². The number of aryl methyl sites for hydroxylation is 1. The van der Waals surface area contributed by atoms with Gasteiger partial charge in [0.15, 0.2) is 0 Å². The van der Waals surface area contributed by atoms with E-state index in [0.717, 1.165) is 22.5 Å². The van der Waals surface area contributed by atoms with Crippen LogP contribution in [0.1, 0.15) is 40.9 Å². The van der Waals surface area contributed by atoms with Gasteiger partial charge >= 0.3 is 0 Å². The maximum Gasteiger partial charge on any atom is 0.251 e. The molecule has 27 heavy (non-hydrogen) atoms. The zero-order valence-electron chi connectivity index (χ0n) is 15.0. The minimum atomic E-state index is -0.124. The lowest BCUT2D eigenvalue weighted by Gasteiger charge is -2.19. The summed E-state index contributed by atoms with van der Waals surface area (Å²) < 4.78 is 1.93. The lowest BCUT2D eigenvalue weighted by Crippen LogP contribution is -2.27. The van der Waals surface area contributed by atoms with Crippen LogP contribution in [0.3, 0.4) is 0 Å². The Morgan fingerprint density at radius 1 is 1.19 bits per heavy atom. The van der Waals surface area contributed by atoms with Gasteiger partial charge in [-0.2, -0.15) is 0 Å². The van der Waals surface area contributed by atoms with Crippen LogP contribution >= 0.6 is 0 Å². The van der Waals surface area contributed by atoms with Crippen LogP contribution in [0.2, 0.25) is 0 Å². The molecule has 0 spiro atoms. The molecule has 0 saturated carbocycles. The Bertz CT molecular complexity index is 978. The molecule has 3 aromatic rings. The van der Waals surface area contributed by atoms with E-state index in [1.807, 2.05) is 48.0 Å². The third-order valence-corrected chi connectivity index (χ3v) is 4.81. The van der Waals surface area contributed by atoms with Gasteiger partial charge in [-0.25, -0.2) is 4.98 Å². The second-order valence-electron chi connectivity index (χ2n) is 6.68. The third-order valence-electron chi connectivity index (χ3n) is 4.81. The maximum absolute atomic E-state index is 12.6. The zero-order valence-corrected chi connectivity index (χ0v) is 15.0. The van der Waals surface area contributed by atoms with Crippen LogP contribution in [0, 0.1) is 0 Å². The Morgan fingerprint density at radius 2 is 2.00 bits per heavy atom. The highest BCUT2D eigenvalue weighted by atomic mass is 16.2. The monoisotopic (exact) mass is 360 g/mol. The fraction of sp³-hybridized carbons (Fsp3) is 0.190. The number of amides is 2. The molecule has 6 heteroatoms. The molecule has 4 rings (SSSR count). The van der Waals surface area contributed by atoms with Crippen molar-refractivity contribution in [1.82, 2.24) is 14.9 Å². The molecule has 2 amide bonds. The summed E-state index contributed by atoms with van der Waals surface area (Å²) in [5.41, 5.74) is 4.45. The number of nitrogens with zero attached hydrogens (tertiary/aromatic N) is 2. The van der Waals surface area contributed by atoms with Crippen molar-refractivity contribution in [1.29, 1.82) is 0 Å². The SMILES string of the molecule is C[C@H](NC(=O)c1ccc2c(c1)CCC(=O)N2)c1ccc(-n2ccnc2)cc1. The number of anilines is 1. The summed E-state index contributed by atoms with van der Waals surface area (Å²) in [6.07, 6.45) is 6.49. The number of aromatic nitrogens is 2. The summed E-state index contributed by atoms with van der Waals surface area (Å²) in [6.45, 7) is 1.96. The van der Waals surface area contributed by atoms with Gasteiger partial charge in [0, 0.05) is 35.8 Å². The van der Waals surface area contributed by atoms with E-state index in [1.165, 1.54) is 0 Å². The molecular weight excluding hydrogens is 340 g/mol. The highest BCUT2D eigenvalue weighted by Crippen LogP contribution is 2.24. The fourth-order valence-electron chi connectivity index (χ4n) is 3.23. The summed E-state index contributed by atoms with van der Waals surface area (Å²) in [5, 5.41) is 5.87. The van der Waals surface area contributed by atoms with Gasteiger partial charge in [0.1, 0.15) is 0 Å². The van der Waals surface area contributed by atoms with E-state index < -0.39 is 0 Å². The Labute approximate surface area is 157 Å². The largest absolute Gasteiger partial charge is 0.346 e. The molecule has 1 atom stereocenters. The van der Waals surface area contributed by atoms with Crippen molar-refractivity contribution < 1.29 is 9.59 Å². The Morgan fingerprint density at radius 3 is 2.74 bits per heavy atom. The molecule has 0 bridgehead atoms. The number of carbonyl (C=O) groups is 2. The van der Waals surface area contributed by atoms with Crippen molar-refractivity contribution in [3.63, 3.8) is 0 Å². The molecule has 6 nitrogen and oxygen atoms in total. The first-order valence-electron chi connectivity index (χ1n) is 8.92. The van der Waals surface area contributed by atoms with Gasteiger partial charge in [0.2, 0.25) is 5.91 Å². The van der Waals surface area contributed by atoms with Crippen LogP contribution in [-0.2, 0) is 11.2 Å². The van der Waals surface area contributed by atoms with Crippen molar-refractivity contribution in [3.8, 4) is 5.69 Å². The number of carbonyl (C=O) groups excluding carboxylic acids is 2. The molecule has 2 N–H and O–H groups in total. The Kier molecular flexibility index (Phi) is 4.46. The quantitative estimate of drug-likeness (QED) is 0.750. The molecule has 1 aliphatic rings. The number of hydrogen-bond acceptors (Lipinski definition) is 3. The van der Waals surface area contributed by atoms with Crippen LogP contribution in [-0.4, -0.2) is 21.4 Å². The van der Waals surface area contributed by atoms with Gasteiger partial charge in [-0.1, -0.05) is 12.1 Å². The molecule has 1 aliphatic heterocycles. The van der Waals surface area contributed by atoms with Gasteiger partial charge in [0.25, 0.3) is 5.91 Å². The molecule has 0 saturated heterocycles. The van der Waals surface area contributed by atoms with Crippen LogP contribution in [0.15, 0.2) is 61.2 Å². The van der Waals surface area contributed by atoms with E-state index in [1.54, 1.807) is 24.7 Å². The standard InChI is InChI=1S/C21H20N4O2/c1-14(15-2-6-18(7-3-15)25-11-10-22-13-25)23-21(27)17-4-8-19-16(12-17)5-9-20(26)24-19/h2-4,6-8,10-14H,5,9H2,1H3,(H,23,27)(H,24,26)/t14-/m0/s1. The van der Waals surface area contributed by atoms with E-state index in [-0.39, 0.29) is 17.9 Å². The average Bonchev–Trinajstić information content (AvgIpc) is 3.22. The first-order chi connectivity index (χ1) is 13.1. The number of fused-ring (bicyclic) bond motifs is 1. The van der Waals surface area contributed by atoms with Crippen molar-refractivity contribution in [2.75, 3.05) is 5.32 Å². The normalized spacial score (nSPS) is 14.2. The molecule has 0 radical (unpaired) electrons. The Hall–Kier alpha value is -3.41. The third kappa shape index (κ3) is 3.60. The molecule has 0 aliphatic carbocycles. The predicted octanol–water partition coefficient (Wildman–Crippen LogP) is 3.25. The van der Waals surface area contributed by atoms with E-state index >= 15 is 0 Å². The van der Waals surface area contributed by atoms with Crippen molar-refractivity contribution in [2.45, 2.75) is 25.8 Å². The average molecular weight is 360 g/mol. The molecule has 2 aromatic carbocycles. The second kappa shape index (κ2) is 7.07. The first-order valence-corrected chi connectivity index (χ1v) is 8.92. The zero-order chi connectivity index (χ0) is 18.8. The number of rotatable bonds is 4. The number of benzene rings is 2. The molecule has 2 heterocycles. The highest BCUT2D eigenvalue weighted by Gasteiger charge is 2.18. The first kappa shape index (κ1) is 17.0. The van der Waals surface area contributed by atoms with Crippen molar-refractivity contribution >= 4 is 17.5 Å². The summed E-state index contributed by atoms with van der Waals surface area (Å²) in [6, 6.07) is 13.3. The topological polar surface area (TPSA) is 76.0 Å². The minimum absolute atomic E-state index is 0.0208. The van der Waals surface area contributed by atoms with Crippen LogP contribution in [0.5, 0.6) is 0 Å². The van der Waals surface area contributed by atoms with Gasteiger partial charge in [-0.05, 0) is 54.8 Å². The Balaban J connectivity index is 1.45.